The molecule has 0 atom stereocenters. The molecule has 18 heavy (non-hydrogen) atoms. The van der Waals surface area contributed by atoms with Gasteiger partial charge in [0.15, 0.2) is 10.8 Å². The van der Waals surface area contributed by atoms with Crippen LogP contribution in [0, 0.1) is 6.92 Å². The fourth-order valence-electron chi connectivity index (χ4n) is 1.98. The van der Waals surface area contributed by atoms with Gasteiger partial charge in [0.2, 0.25) is 0 Å². The molecule has 3 rings (SSSR count). The van der Waals surface area contributed by atoms with Gasteiger partial charge in [-0.05, 0) is 12.5 Å². The first-order valence-electron chi connectivity index (χ1n) is 5.41. The summed E-state index contributed by atoms with van der Waals surface area (Å²) in [4.78, 5) is 18.5. The highest BCUT2D eigenvalue weighted by atomic mass is 32.1. The van der Waals surface area contributed by atoms with Crippen LogP contribution in [0.5, 0.6) is 0 Å². The molecular formula is C12H10N4OS. The summed E-state index contributed by atoms with van der Waals surface area (Å²) >= 11 is 4.09. The average Bonchev–Trinajstić information content (AvgIpc) is 2.67. The summed E-state index contributed by atoms with van der Waals surface area (Å²) in [5, 5.41) is 4.49. The molecule has 0 fully saturated rings. The van der Waals surface area contributed by atoms with Gasteiger partial charge in [-0.25, -0.2) is 9.78 Å². The van der Waals surface area contributed by atoms with E-state index in [1.54, 1.807) is 0 Å². The molecule has 0 aliphatic heterocycles. The maximum absolute atomic E-state index is 11.8. The minimum absolute atomic E-state index is 0.282. The first kappa shape index (κ1) is 11.0. The molecule has 0 aliphatic rings. The van der Waals surface area contributed by atoms with Crippen LogP contribution >= 0.6 is 12.6 Å². The van der Waals surface area contributed by atoms with Crippen LogP contribution in [0.15, 0.2) is 40.3 Å². The molecule has 0 saturated carbocycles. The summed E-state index contributed by atoms with van der Waals surface area (Å²) in [5.74, 6) is 0. The van der Waals surface area contributed by atoms with Crippen molar-refractivity contribution in [2.75, 3.05) is 0 Å². The number of fused-ring (bicyclic) bond motifs is 1. The second-order valence-corrected chi connectivity index (χ2v) is 4.35. The number of aromatic amines is 1. The number of nitrogens with one attached hydrogen (secondary N) is 1. The molecule has 3 aromatic rings. The molecule has 0 saturated heterocycles. The summed E-state index contributed by atoms with van der Waals surface area (Å²) in [6.45, 7) is 1.86. The van der Waals surface area contributed by atoms with Crippen molar-refractivity contribution in [2.24, 2.45) is 0 Å². The van der Waals surface area contributed by atoms with Crippen molar-refractivity contribution in [1.29, 1.82) is 0 Å². The van der Waals surface area contributed by atoms with E-state index >= 15 is 0 Å². The van der Waals surface area contributed by atoms with Gasteiger partial charge in [-0.1, -0.05) is 30.3 Å². The van der Waals surface area contributed by atoms with Crippen molar-refractivity contribution in [3.05, 3.63) is 46.5 Å². The summed E-state index contributed by atoms with van der Waals surface area (Å²) in [7, 11) is 0. The van der Waals surface area contributed by atoms with Crippen molar-refractivity contribution in [2.45, 2.75) is 12.1 Å². The van der Waals surface area contributed by atoms with Crippen LogP contribution in [0.4, 0.5) is 0 Å². The van der Waals surface area contributed by atoms with Crippen LogP contribution in [0.3, 0.4) is 0 Å². The topological polar surface area (TPSA) is 63.1 Å². The molecule has 5 nitrogen and oxygen atoms in total. The Bertz CT molecular complexity index is 776. The Morgan fingerprint density at radius 1 is 1.28 bits per heavy atom. The zero-order chi connectivity index (χ0) is 12.7. The van der Waals surface area contributed by atoms with E-state index in [2.05, 4.69) is 27.7 Å². The SMILES string of the molecule is Cc1nn2c(=O)[nH]c(S)nc2c1-c1ccccc1. The second-order valence-electron chi connectivity index (χ2n) is 3.93. The van der Waals surface area contributed by atoms with Gasteiger partial charge in [-0.2, -0.15) is 9.61 Å². The number of nitrogens with zero attached hydrogens (tertiary/aromatic N) is 3. The van der Waals surface area contributed by atoms with E-state index in [4.69, 9.17) is 0 Å². The van der Waals surface area contributed by atoms with Gasteiger partial charge in [-0.3, -0.25) is 4.98 Å². The number of rotatable bonds is 1. The molecule has 2 aromatic heterocycles. The van der Waals surface area contributed by atoms with Crippen LogP contribution in [0.2, 0.25) is 0 Å². The molecule has 6 heteroatoms. The fourth-order valence-corrected chi connectivity index (χ4v) is 2.17. The van der Waals surface area contributed by atoms with Crippen molar-refractivity contribution in [3.63, 3.8) is 0 Å². The predicted molar refractivity (Wildman–Crippen MR) is 71.0 cm³/mol. The molecule has 2 heterocycles. The Morgan fingerprint density at radius 3 is 2.72 bits per heavy atom. The van der Waals surface area contributed by atoms with E-state index in [0.717, 1.165) is 16.8 Å². The molecule has 0 aliphatic carbocycles. The molecule has 1 N–H and O–H groups in total. The first-order valence-corrected chi connectivity index (χ1v) is 5.85. The van der Waals surface area contributed by atoms with Crippen LogP contribution < -0.4 is 5.69 Å². The Kier molecular flexibility index (Phi) is 2.45. The number of aromatic nitrogens is 4. The van der Waals surface area contributed by atoms with Gasteiger partial charge >= 0.3 is 5.69 Å². The fraction of sp³-hybridized carbons (Fsp3) is 0.0833. The van der Waals surface area contributed by atoms with Crippen molar-refractivity contribution >= 4 is 18.3 Å². The van der Waals surface area contributed by atoms with E-state index in [9.17, 15) is 4.79 Å². The van der Waals surface area contributed by atoms with E-state index < -0.39 is 0 Å². The van der Waals surface area contributed by atoms with Gasteiger partial charge in [0.1, 0.15) is 0 Å². The quantitative estimate of drug-likeness (QED) is 0.653. The Balaban J connectivity index is 2.43. The highest BCUT2D eigenvalue weighted by molar-refractivity contribution is 7.80. The van der Waals surface area contributed by atoms with Crippen LogP contribution in [0.1, 0.15) is 5.69 Å². The zero-order valence-electron chi connectivity index (χ0n) is 9.58. The maximum Gasteiger partial charge on any atom is 0.350 e. The Labute approximate surface area is 108 Å². The Morgan fingerprint density at radius 2 is 2.00 bits per heavy atom. The minimum atomic E-state index is -0.338. The van der Waals surface area contributed by atoms with Gasteiger partial charge in [0.25, 0.3) is 0 Å². The van der Waals surface area contributed by atoms with E-state index in [1.807, 2.05) is 37.3 Å². The van der Waals surface area contributed by atoms with Gasteiger partial charge in [0, 0.05) is 5.56 Å². The largest absolute Gasteiger partial charge is 0.350 e. The zero-order valence-corrected chi connectivity index (χ0v) is 10.5. The van der Waals surface area contributed by atoms with Gasteiger partial charge in [-0.15, -0.1) is 12.6 Å². The first-order chi connectivity index (χ1) is 8.66. The lowest BCUT2D eigenvalue weighted by Crippen LogP contribution is -2.18. The highest BCUT2D eigenvalue weighted by Gasteiger charge is 2.14. The lowest BCUT2D eigenvalue weighted by molar-refractivity contribution is 0.782. The van der Waals surface area contributed by atoms with E-state index in [1.165, 1.54) is 4.52 Å². The molecule has 0 spiro atoms. The second kappa shape index (κ2) is 3.99. The molecule has 90 valence electrons. The maximum atomic E-state index is 11.8. The number of thiol groups is 1. The number of benzene rings is 1. The number of aryl methyl sites for hydroxylation is 1. The third kappa shape index (κ3) is 1.62. The highest BCUT2D eigenvalue weighted by Crippen LogP contribution is 2.25. The number of hydrogen-bond donors (Lipinski definition) is 2. The smallest absolute Gasteiger partial charge is 0.285 e. The van der Waals surface area contributed by atoms with Crippen LogP contribution in [0.25, 0.3) is 16.8 Å². The molecule has 0 bridgehead atoms. The van der Waals surface area contributed by atoms with E-state index in [-0.39, 0.29) is 10.8 Å². The average molecular weight is 258 g/mol. The molecule has 0 radical (unpaired) electrons. The van der Waals surface area contributed by atoms with Crippen molar-refractivity contribution in [3.8, 4) is 11.1 Å². The van der Waals surface area contributed by atoms with Crippen molar-refractivity contribution in [1.82, 2.24) is 19.6 Å². The third-order valence-corrected chi connectivity index (χ3v) is 2.93. The predicted octanol–water partition coefficient (Wildman–Crippen LogP) is 1.68. The standard InChI is InChI=1S/C12H10N4OS/c1-7-9(8-5-3-2-4-6-8)10-13-11(18)14-12(17)16(10)15-7/h2-6H,1H3,(H2,13,14,17,18). The monoisotopic (exact) mass is 258 g/mol. The summed E-state index contributed by atoms with van der Waals surface area (Å²) in [6.07, 6.45) is 0. The number of hydrogen-bond acceptors (Lipinski definition) is 4. The van der Waals surface area contributed by atoms with Gasteiger partial charge in [0.05, 0.1) is 5.69 Å². The third-order valence-electron chi connectivity index (χ3n) is 2.72. The van der Waals surface area contributed by atoms with Crippen LogP contribution in [-0.4, -0.2) is 19.6 Å². The van der Waals surface area contributed by atoms with Crippen molar-refractivity contribution < 1.29 is 0 Å². The number of H-pyrrole nitrogens is 1. The lowest BCUT2D eigenvalue weighted by Gasteiger charge is -1.99. The molecular weight excluding hydrogens is 248 g/mol. The Hall–Kier alpha value is -2.08. The lowest BCUT2D eigenvalue weighted by atomic mass is 10.1. The van der Waals surface area contributed by atoms with E-state index in [0.29, 0.717) is 5.65 Å². The summed E-state index contributed by atoms with van der Waals surface area (Å²) in [6, 6.07) is 9.74. The molecule has 0 amide bonds. The van der Waals surface area contributed by atoms with Gasteiger partial charge < -0.3 is 0 Å². The normalized spacial score (nSPS) is 11.0. The summed E-state index contributed by atoms with van der Waals surface area (Å²) in [5.41, 5.74) is 2.79. The van der Waals surface area contributed by atoms with Crippen LogP contribution in [-0.2, 0) is 0 Å². The molecule has 0 unspecified atom stereocenters. The summed E-state index contributed by atoms with van der Waals surface area (Å²) < 4.78 is 1.26. The molecule has 1 aromatic carbocycles. The minimum Gasteiger partial charge on any atom is -0.285 e.